The van der Waals surface area contributed by atoms with Gasteiger partial charge in [0.2, 0.25) is 0 Å². The molecule has 2 fully saturated rings. The number of ether oxygens (including phenoxy) is 2. The number of aromatic nitrogens is 5. The Morgan fingerprint density at radius 3 is 2.75 bits per heavy atom. The summed E-state index contributed by atoms with van der Waals surface area (Å²) in [7, 11) is 1.69. The zero-order valence-electron chi connectivity index (χ0n) is 19.8. The molecule has 1 saturated carbocycles. The molecule has 12 heteroatoms. The third-order valence-corrected chi connectivity index (χ3v) is 5.86. The van der Waals surface area contributed by atoms with Crippen molar-refractivity contribution in [2.45, 2.75) is 37.7 Å². The van der Waals surface area contributed by atoms with E-state index in [-0.39, 0.29) is 35.1 Å². The molecular weight excluding hydrogens is 464 g/mol. The second-order valence-corrected chi connectivity index (χ2v) is 8.71. The molecule has 2 amide bonds. The van der Waals surface area contributed by atoms with Crippen LogP contribution in [0, 0.1) is 0 Å². The first-order valence-corrected chi connectivity index (χ1v) is 11.8. The number of carbonyl (C=O) groups is 2. The van der Waals surface area contributed by atoms with E-state index in [9.17, 15) is 9.59 Å². The Bertz CT molecular complexity index is 1230. The van der Waals surface area contributed by atoms with Gasteiger partial charge in [0, 0.05) is 32.3 Å². The Morgan fingerprint density at radius 2 is 2.00 bits per heavy atom. The van der Waals surface area contributed by atoms with Crippen LogP contribution in [0.3, 0.4) is 0 Å². The van der Waals surface area contributed by atoms with Gasteiger partial charge >= 0.3 is 6.09 Å². The molecule has 0 radical (unpaired) electrons. The van der Waals surface area contributed by atoms with Crippen molar-refractivity contribution in [1.29, 1.82) is 0 Å². The van der Waals surface area contributed by atoms with Gasteiger partial charge < -0.3 is 19.7 Å². The van der Waals surface area contributed by atoms with Crippen LogP contribution in [0.5, 0.6) is 5.88 Å². The van der Waals surface area contributed by atoms with Crippen molar-refractivity contribution in [2.24, 2.45) is 0 Å². The second-order valence-electron chi connectivity index (χ2n) is 8.71. The van der Waals surface area contributed by atoms with Crippen LogP contribution >= 0.6 is 0 Å². The normalized spacial score (nSPS) is 16.9. The zero-order chi connectivity index (χ0) is 24.9. The molecule has 5 rings (SSSR count). The minimum atomic E-state index is -0.826. The van der Waals surface area contributed by atoms with Crippen LogP contribution in [0.15, 0.2) is 43.2 Å². The average Bonchev–Trinajstić information content (AvgIpc) is 3.62. The molecule has 1 atom stereocenters. The first kappa shape index (κ1) is 23.5. The predicted molar refractivity (Wildman–Crippen MR) is 129 cm³/mol. The molecule has 4 heterocycles. The summed E-state index contributed by atoms with van der Waals surface area (Å²) in [6.07, 6.45) is 10.8. The van der Waals surface area contributed by atoms with E-state index in [0.717, 1.165) is 31.4 Å². The summed E-state index contributed by atoms with van der Waals surface area (Å²) in [6, 6.07) is 3.22. The standard InChI is InChI=1S/C24H26N8O4/c1-32(13-17-4-3-9-35-17)23(33)20-18(5-2-8-27-20)31-24(34)36-22-21(29-16-10-25-14-26-11-16)28-12-19(30-22)15-6-7-15/h2,5,8,10-12,14-15,17H,3-4,6-7,9,13H2,1H3,(H,28,29)(H,31,34). The van der Waals surface area contributed by atoms with Crippen molar-refractivity contribution in [3.8, 4) is 5.88 Å². The zero-order valence-corrected chi connectivity index (χ0v) is 19.8. The molecule has 0 spiro atoms. The lowest BCUT2D eigenvalue weighted by atomic mass is 10.2. The van der Waals surface area contributed by atoms with Gasteiger partial charge in [-0.3, -0.25) is 10.1 Å². The van der Waals surface area contributed by atoms with Gasteiger partial charge in [-0.2, -0.15) is 0 Å². The smallest absolute Gasteiger partial charge is 0.387 e. The highest BCUT2D eigenvalue weighted by Gasteiger charge is 2.28. The maximum absolute atomic E-state index is 13.0. The average molecular weight is 491 g/mol. The van der Waals surface area contributed by atoms with E-state index < -0.39 is 6.09 Å². The first-order valence-electron chi connectivity index (χ1n) is 11.8. The van der Waals surface area contributed by atoms with E-state index in [0.29, 0.717) is 24.8 Å². The summed E-state index contributed by atoms with van der Waals surface area (Å²) in [5, 5.41) is 5.64. The van der Waals surface area contributed by atoms with Gasteiger partial charge in [0.25, 0.3) is 11.8 Å². The molecule has 186 valence electrons. The summed E-state index contributed by atoms with van der Waals surface area (Å²) < 4.78 is 11.2. The van der Waals surface area contributed by atoms with Crippen LogP contribution < -0.4 is 15.4 Å². The van der Waals surface area contributed by atoms with Gasteiger partial charge in [0.05, 0.1) is 41.8 Å². The highest BCUT2D eigenvalue weighted by molar-refractivity contribution is 6.01. The molecule has 12 nitrogen and oxygen atoms in total. The molecule has 1 unspecified atom stereocenters. The Labute approximate surface area is 207 Å². The van der Waals surface area contributed by atoms with Gasteiger partial charge in [0.1, 0.15) is 6.33 Å². The monoisotopic (exact) mass is 490 g/mol. The van der Waals surface area contributed by atoms with Crippen LogP contribution in [-0.4, -0.2) is 68.1 Å². The molecule has 1 aliphatic heterocycles. The maximum atomic E-state index is 13.0. The lowest BCUT2D eigenvalue weighted by Gasteiger charge is -2.21. The molecule has 0 aromatic carbocycles. The first-order chi connectivity index (χ1) is 17.6. The fourth-order valence-electron chi connectivity index (χ4n) is 3.88. The van der Waals surface area contributed by atoms with Gasteiger partial charge in [0.15, 0.2) is 11.5 Å². The van der Waals surface area contributed by atoms with Crippen LogP contribution in [0.1, 0.15) is 47.8 Å². The largest absolute Gasteiger partial charge is 0.418 e. The molecule has 2 N–H and O–H groups in total. The maximum Gasteiger partial charge on any atom is 0.418 e. The van der Waals surface area contributed by atoms with Gasteiger partial charge in [-0.25, -0.2) is 29.7 Å². The number of amides is 2. The third kappa shape index (κ3) is 5.71. The quantitative estimate of drug-likeness (QED) is 0.483. The number of pyridine rings is 1. The van der Waals surface area contributed by atoms with Gasteiger partial charge in [-0.05, 0) is 37.8 Å². The number of anilines is 3. The number of likely N-dealkylation sites (N-methyl/N-ethyl adjacent to an activating group) is 1. The van der Waals surface area contributed by atoms with E-state index >= 15 is 0 Å². The molecule has 1 aliphatic carbocycles. The number of nitrogens with one attached hydrogen (secondary N) is 2. The summed E-state index contributed by atoms with van der Waals surface area (Å²) in [6.45, 7) is 1.15. The van der Waals surface area contributed by atoms with E-state index in [2.05, 4.69) is 35.6 Å². The van der Waals surface area contributed by atoms with E-state index in [1.165, 1.54) is 12.5 Å². The number of hydrogen-bond donors (Lipinski definition) is 2. The molecule has 3 aromatic rings. The fourth-order valence-corrected chi connectivity index (χ4v) is 3.88. The Balaban J connectivity index is 1.31. The third-order valence-electron chi connectivity index (χ3n) is 5.86. The van der Waals surface area contributed by atoms with E-state index in [4.69, 9.17) is 9.47 Å². The molecule has 36 heavy (non-hydrogen) atoms. The summed E-state index contributed by atoms with van der Waals surface area (Å²) >= 11 is 0. The fraction of sp³-hybridized carbons (Fsp3) is 0.375. The minimum absolute atomic E-state index is 0.00212. The molecule has 2 aliphatic rings. The highest BCUT2D eigenvalue weighted by Crippen LogP contribution is 2.40. The highest BCUT2D eigenvalue weighted by atomic mass is 16.6. The summed E-state index contributed by atoms with van der Waals surface area (Å²) in [5.74, 6) is 0.221. The Hall–Kier alpha value is -4.19. The van der Waals surface area contributed by atoms with Crippen LogP contribution in [0.25, 0.3) is 0 Å². The van der Waals surface area contributed by atoms with Gasteiger partial charge in [-0.1, -0.05) is 0 Å². The minimum Gasteiger partial charge on any atom is -0.387 e. The van der Waals surface area contributed by atoms with Crippen molar-refractivity contribution in [3.63, 3.8) is 0 Å². The predicted octanol–water partition coefficient (Wildman–Crippen LogP) is 3.14. The van der Waals surface area contributed by atoms with E-state index in [1.54, 1.807) is 42.7 Å². The van der Waals surface area contributed by atoms with Crippen molar-refractivity contribution in [1.82, 2.24) is 29.8 Å². The van der Waals surface area contributed by atoms with Gasteiger partial charge in [-0.15, -0.1) is 0 Å². The molecular formula is C24H26N8O4. The van der Waals surface area contributed by atoms with E-state index in [1.807, 2.05) is 0 Å². The molecule has 1 saturated heterocycles. The summed E-state index contributed by atoms with van der Waals surface area (Å²) in [4.78, 5) is 48.5. The van der Waals surface area contributed by atoms with Crippen LogP contribution in [-0.2, 0) is 4.74 Å². The SMILES string of the molecule is CN(CC1CCCO1)C(=O)c1ncccc1NC(=O)Oc1nc(C2CC2)cnc1Nc1cncnc1. The number of hydrogen-bond acceptors (Lipinski definition) is 10. The topological polar surface area (TPSA) is 144 Å². The van der Waals surface area contributed by atoms with Crippen LogP contribution in [0.4, 0.5) is 22.0 Å². The molecule has 0 bridgehead atoms. The number of rotatable bonds is 8. The van der Waals surface area contributed by atoms with Crippen LogP contribution in [0.2, 0.25) is 0 Å². The summed E-state index contributed by atoms with van der Waals surface area (Å²) in [5.41, 5.74) is 1.64. The van der Waals surface area contributed by atoms with Crippen molar-refractivity contribution in [3.05, 3.63) is 54.6 Å². The molecule has 3 aromatic heterocycles. The lowest BCUT2D eigenvalue weighted by Crippen LogP contribution is -2.35. The number of nitrogens with zero attached hydrogens (tertiary/aromatic N) is 6. The Morgan fingerprint density at radius 1 is 1.17 bits per heavy atom. The number of carbonyl (C=O) groups excluding carboxylic acids is 2. The Kier molecular flexibility index (Phi) is 6.94. The van der Waals surface area contributed by atoms with Crippen molar-refractivity contribution in [2.75, 3.05) is 30.8 Å². The second kappa shape index (κ2) is 10.6. The van der Waals surface area contributed by atoms with Crippen molar-refractivity contribution >= 4 is 29.2 Å². The van der Waals surface area contributed by atoms with Crippen molar-refractivity contribution < 1.29 is 19.1 Å². The lowest BCUT2D eigenvalue weighted by molar-refractivity contribution is 0.0583.